The van der Waals surface area contributed by atoms with Gasteiger partial charge in [-0.15, -0.1) is 0 Å². The summed E-state index contributed by atoms with van der Waals surface area (Å²) >= 11 is 0. The number of carbonyl (C=O) groups excluding carboxylic acids is 1. The van der Waals surface area contributed by atoms with E-state index in [0.717, 1.165) is 57.5 Å². The molecule has 1 fully saturated rings. The summed E-state index contributed by atoms with van der Waals surface area (Å²) in [6.07, 6.45) is 5.87. The summed E-state index contributed by atoms with van der Waals surface area (Å²) in [6, 6.07) is 20.7. The highest BCUT2D eigenvalue weighted by molar-refractivity contribution is 5.99. The molecule has 206 valence electrons. The summed E-state index contributed by atoms with van der Waals surface area (Å²) in [6.45, 7) is 6.79. The molecule has 1 aliphatic rings. The Balaban J connectivity index is 1.22. The predicted octanol–water partition coefficient (Wildman–Crippen LogP) is 6.83. The molecule has 6 rings (SSSR count). The van der Waals surface area contributed by atoms with Crippen LogP contribution >= 0.6 is 0 Å². The number of carboxylic acid groups (broad SMARTS) is 1. The van der Waals surface area contributed by atoms with Gasteiger partial charge in [-0.05, 0) is 80.1 Å². The van der Waals surface area contributed by atoms with Gasteiger partial charge < -0.3 is 15.0 Å². The van der Waals surface area contributed by atoms with E-state index in [1.807, 2.05) is 67.7 Å². The molecule has 1 amide bonds. The van der Waals surface area contributed by atoms with Crippen molar-refractivity contribution in [3.8, 4) is 11.1 Å². The molecule has 0 spiro atoms. The van der Waals surface area contributed by atoms with E-state index in [4.69, 9.17) is 4.98 Å². The van der Waals surface area contributed by atoms with Gasteiger partial charge in [-0.3, -0.25) is 14.8 Å². The molecule has 2 heterocycles. The van der Waals surface area contributed by atoms with Crippen LogP contribution in [0.2, 0.25) is 0 Å². The monoisotopic (exact) mass is 544 g/mol. The van der Waals surface area contributed by atoms with Crippen molar-refractivity contribution in [3.63, 3.8) is 0 Å². The van der Waals surface area contributed by atoms with Crippen LogP contribution in [0.1, 0.15) is 80.6 Å². The second-order valence-corrected chi connectivity index (χ2v) is 10.9. The molecular formula is C34H32N4O3. The van der Waals surface area contributed by atoms with Crippen LogP contribution < -0.4 is 5.32 Å². The Morgan fingerprint density at radius 2 is 1.78 bits per heavy atom. The lowest BCUT2D eigenvalue weighted by Gasteiger charge is -2.14. The van der Waals surface area contributed by atoms with Crippen LogP contribution in [0, 0.1) is 13.8 Å². The lowest BCUT2D eigenvalue weighted by atomic mass is 9.99. The van der Waals surface area contributed by atoms with Crippen LogP contribution in [0.25, 0.3) is 22.0 Å². The summed E-state index contributed by atoms with van der Waals surface area (Å²) in [5.74, 6) is -0.566. The number of hydrogen-bond acceptors (Lipinski definition) is 4. The average molecular weight is 545 g/mol. The topological polar surface area (TPSA) is 97.1 Å². The van der Waals surface area contributed by atoms with E-state index in [9.17, 15) is 14.7 Å². The Kier molecular flexibility index (Phi) is 6.87. The van der Waals surface area contributed by atoms with Gasteiger partial charge in [-0.1, -0.05) is 42.5 Å². The molecule has 2 N–H and O–H groups in total. The highest BCUT2D eigenvalue weighted by Crippen LogP contribution is 2.38. The van der Waals surface area contributed by atoms with Gasteiger partial charge in [-0.25, -0.2) is 4.79 Å². The first-order chi connectivity index (χ1) is 19.8. The van der Waals surface area contributed by atoms with E-state index in [1.54, 1.807) is 18.3 Å². The van der Waals surface area contributed by atoms with E-state index in [-0.39, 0.29) is 17.5 Å². The lowest BCUT2D eigenvalue weighted by Crippen LogP contribution is -2.27. The van der Waals surface area contributed by atoms with E-state index < -0.39 is 5.97 Å². The predicted molar refractivity (Wildman–Crippen MR) is 159 cm³/mol. The summed E-state index contributed by atoms with van der Waals surface area (Å²) < 4.78 is 2.26. The third-order valence-electron chi connectivity index (χ3n) is 8.12. The van der Waals surface area contributed by atoms with Crippen molar-refractivity contribution in [2.45, 2.75) is 52.1 Å². The number of rotatable bonds is 8. The fourth-order valence-electron chi connectivity index (χ4n) is 5.42. The second kappa shape index (κ2) is 10.7. The molecule has 41 heavy (non-hydrogen) atoms. The average Bonchev–Trinajstić information content (AvgIpc) is 3.82. The Hall–Kier alpha value is -4.78. The van der Waals surface area contributed by atoms with Crippen LogP contribution in [0.5, 0.6) is 0 Å². The highest BCUT2D eigenvalue weighted by Gasteiger charge is 2.26. The molecule has 1 atom stereocenters. The lowest BCUT2D eigenvalue weighted by molar-refractivity contribution is 0.0697. The van der Waals surface area contributed by atoms with Gasteiger partial charge in [0.25, 0.3) is 5.91 Å². The number of aryl methyl sites for hydroxylation is 1. The Labute approximate surface area is 238 Å². The maximum atomic E-state index is 13.2. The largest absolute Gasteiger partial charge is 0.478 e. The van der Waals surface area contributed by atoms with Gasteiger partial charge in [0, 0.05) is 40.8 Å². The van der Waals surface area contributed by atoms with Crippen molar-refractivity contribution in [1.82, 2.24) is 19.9 Å². The number of aromatic carboxylic acids is 1. The number of fused-ring (bicyclic) bond motifs is 1. The molecule has 2 aromatic heterocycles. The summed E-state index contributed by atoms with van der Waals surface area (Å²) in [7, 11) is 0. The minimum Gasteiger partial charge on any atom is -0.478 e. The van der Waals surface area contributed by atoms with Gasteiger partial charge in [0.2, 0.25) is 0 Å². The Morgan fingerprint density at radius 1 is 1.02 bits per heavy atom. The van der Waals surface area contributed by atoms with Gasteiger partial charge >= 0.3 is 5.97 Å². The normalized spacial score (nSPS) is 13.7. The zero-order valence-electron chi connectivity index (χ0n) is 23.4. The van der Waals surface area contributed by atoms with Crippen molar-refractivity contribution >= 4 is 22.8 Å². The number of benzene rings is 3. The van der Waals surface area contributed by atoms with Gasteiger partial charge in [0.1, 0.15) is 0 Å². The van der Waals surface area contributed by atoms with E-state index in [0.29, 0.717) is 23.6 Å². The number of hydrogen-bond donors (Lipinski definition) is 2. The number of carboxylic acids is 1. The SMILES string of the molecule is Cc1c(C)n(Cc2ccc(-c3ccccc3C(=O)O)cc2)c2ccc(C(=O)N[C@@H](C)c3cncc(C4CC4)n3)cc12. The number of carbonyl (C=O) groups is 2. The van der Waals surface area contributed by atoms with Crippen molar-refractivity contribution in [1.29, 1.82) is 0 Å². The Bertz CT molecular complexity index is 1780. The standard InChI is InChI=1S/C34H32N4O3/c1-20-22(3)38(19-23-8-10-24(11-9-23)27-6-4-5-7-28(27)34(40)41)32-15-14-26(16-29(20)32)33(39)36-21(2)30-17-35-18-31(37-30)25-12-13-25/h4-11,14-18,21,25H,12-13,19H2,1-3H3,(H,36,39)(H,40,41)/t21-/m0/s1. The molecule has 0 radical (unpaired) electrons. The summed E-state index contributed by atoms with van der Waals surface area (Å²) in [5, 5.41) is 13.7. The van der Waals surface area contributed by atoms with Crippen LogP contribution in [0.4, 0.5) is 0 Å². The summed E-state index contributed by atoms with van der Waals surface area (Å²) in [4.78, 5) is 33.9. The van der Waals surface area contributed by atoms with Crippen molar-refractivity contribution in [2.75, 3.05) is 0 Å². The fraction of sp³-hybridized carbons (Fsp3) is 0.235. The molecule has 1 aliphatic carbocycles. The fourth-order valence-corrected chi connectivity index (χ4v) is 5.42. The first-order valence-electron chi connectivity index (χ1n) is 13.9. The van der Waals surface area contributed by atoms with E-state index in [2.05, 4.69) is 28.7 Å². The molecule has 1 saturated carbocycles. The smallest absolute Gasteiger partial charge is 0.336 e. The van der Waals surface area contributed by atoms with Crippen molar-refractivity contribution < 1.29 is 14.7 Å². The molecule has 3 aromatic carbocycles. The zero-order valence-corrected chi connectivity index (χ0v) is 23.4. The third kappa shape index (κ3) is 5.23. The second-order valence-electron chi connectivity index (χ2n) is 10.9. The molecule has 0 saturated heterocycles. The molecule has 0 bridgehead atoms. The zero-order chi connectivity index (χ0) is 28.7. The number of nitrogens with zero attached hydrogens (tertiary/aromatic N) is 3. The van der Waals surface area contributed by atoms with Gasteiger partial charge in [-0.2, -0.15) is 0 Å². The minimum absolute atomic E-state index is 0.139. The molecule has 7 heteroatoms. The summed E-state index contributed by atoms with van der Waals surface area (Å²) in [5.41, 5.74) is 8.70. The van der Waals surface area contributed by atoms with Crippen molar-refractivity contribution in [2.24, 2.45) is 0 Å². The van der Waals surface area contributed by atoms with Crippen LogP contribution in [-0.4, -0.2) is 31.5 Å². The first kappa shape index (κ1) is 26.4. The van der Waals surface area contributed by atoms with Crippen LogP contribution in [0.15, 0.2) is 79.1 Å². The maximum Gasteiger partial charge on any atom is 0.336 e. The number of nitrogens with one attached hydrogen (secondary N) is 1. The first-order valence-corrected chi connectivity index (χ1v) is 13.9. The highest BCUT2D eigenvalue weighted by atomic mass is 16.4. The van der Waals surface area contributed by atoms with E-state index >= 15 is 0 Å². The third-order valence-corrected chi connectivity index (χ3v) is 8.12. The minimum atomic E-state index is -0.937. The molecule has 5 aromatic rings. The van der Waals surface area contributed by atoms with E-state index in [1.165, 1.54) is 0 Å². The number of amides is 1. The van der Waals surface area contributed by atoms with Crippen LogP contribution in [0.3, 0.4) is 0 Å². The molecular weight excluding hydrogens is 512 g/mol. The van der Waals surface area contributed by atoms with Crippen molar-refractivity contribution in [3.05, 3.63) is 118 Å². The quantitative estimate of drug-likeness (QED) is 0.223. The molecule has 7 nitrogen and oxygen atoms in total. The van der Waals surface area contributed by atoms with Crippen LogP contribution in [-0.2, 0) is 6.54 Å². The molecule has 0 aliphatic heterocycles. The maximum absolute atomic E-state index is 13.2. The number of aromatic nitrogens is 3. The Morgan fingerprint density at radius 3 is 2.51 bits per heavy atom. The molecule has 0 unspecified atom stereocenters. The van der Waals surface area contributed by atoms with Gasteiger partial charge in [0.15, 0.2) is 0 Å². The van der Waals surface area contributed by atoms with Gasteiger partial charge in [0.05, 0.1) is 29.2 Å².